The highest BCUT2D eigenvalue weighted by Gasteiger charge is 2.34. The van der Waals surface area contributed by atoms with Gasteiger partial charge in [0.25, 0.3) is 17.7 Å². The number of nitrogens with one attached hydrogen (secondary N) is 1. The molecule has 0 unspecified atom stereocenters. The Hall–Kier alpha value is -4.38. The van der Waals surface area contributed by atoms with E-state index >= 15 is 0 Å². The van der Waals surface area contributed by atoms with Crippen LogP contribution in [0.3, 0.4) is 0 Å². The topological polar surface area (TPSA) is 105 Å². The van der Waals surface area contributed by atoms with Crippen molar-refractivity contribution in [1.29, 1.82) is 5.26 Å². The first-order chi connectivity index (χ1) is 17.0. The fourth-order valence-electron chi connectivity index (χ4n) is 4.40. The molecule has 1 N–H and O–H groups in total. The summed E-state index contributed by atoms with van der Waals surface area (Å²) >= 11 is 0. The van der Waals surface area contributed by atoms with Gasteiger partial charge in [-0.15, -0.1) is 0 Å². The number of likely N-dealkylation sites (tertiary alicyclic amines) is 1. The predicted molar refractivity (Wildman–Crippen MR) is 129 cm³/mol. The second-order valence-electron chi connectivity index (χ2n) is 8.23. The highest BCUT2D eigenvalue weighted by Crippen LogP contribution is 2.30. The molecule has 1 aliphatic rings. The first-order valence-corrected chi connectivity index (χ1v) is 11.3. The Morgan fingerprint density at radius 2 is 1.83 bits per heavy atom. The lowest BCUT2D eigenvalue weighted by Gasteiger charge is -2.39. The number of benzene rings is 2. The molecule has 178 valence electrons. The van der Waals surface area contributed by atoms with Gasteiger partial charge in [-0.1, -0.05) is 42.5 Å². The molecule has 0 saturated carbocycles. The summed E-state index contributed by atoms with van der Waals surface area (Å²) in [5, 5.41) is 12.5. The first kappa shape index (κ1) is 23.8. The molecule has 0 bridgehead atoms. The number of rotatable bonds is 6. The molecule has 3 aromatic rings. The molecular weight excluding hydrogens is 444 g/mol. The third-order valence-electron chi connectivity index (χ3n) is 6.21. The second kappa shape index (κ2) is 10.7. The molecule has 2 heterocycles. The van der Waals surface area contributed by atoms with Gasteiger partial charge in [-0.2, -0.15) is 5.26 Å². The van der Waals surface area contributed by atoms with Crippen LogP contribution in [0.15, 0.2) is 66.9 Å². The van der Waals surface area contributed by atoms with Gasteiger partial charge in [0.2, 0.25) is 0 Å². The van der Waals surface area contributed by atoms with Crippen molar-refractivity contribution in [1.82, 2.24) is 15.2 Å². The fourth-order valence-corrected chi connectivity index (χ4v) is 4.40. The number of ether oxygens (including phenoxy) is 2. The highest BCUT2D eigenvalue weighted by molar-refractivity contribution is 5.97. The number of amides is 2. The van der Waals surface area contributed by atoms with Gasteiger partial charge >= 0.3 is 0 Å². The number of nitriles is 1. The minimum atomic E-state index is -0.294. The number of methoxy groups -OCH3 is 2. The van der Waals surface area contributed by atoms with Crippen LogP contribution in [-0.2, 0) is 0 Å². The molecule has 2 atom stereocenters. The fraction of sp³-hybridized carbons (Fsp3) is 0.259. The maximum atomic E-state index is 13.3. The van der Waals surface area contributed by atoms with Crippen LogP contribution >= 0.6 is 0 Å². The summed E-state index contributed by atoms with van der Waals surface area (Å²) in [6.07, 6.45) is 2.04. The summed E-state index contributed by atoms with van der Waals surface area (Å²) < 4.78 is 10.5. The molecule has 0 spiro atoms. The molecule has 1 aliphatic heterocycles. The zero-order valence-electron chi connectivity index (χ0n) is 19.6. The number of carbonyl (C=O) groups excluding carboxylic acids is 2. The minimum absolute atomic E-state index is 0.125. The van der Waals surface area contributed by atoms with E-state index in [2.05, 4.69) is 16.4 Å². The van der Waals surface area contributed by atoms with Gasteiger partial charge in [0, 0.05) is 37.3 Å². The second-order valence-corrected chi connectivity index (χ2v) is 8.23. The van der Waals surface area contributed by atoms with E-state index in [0.717, 1.165) is 5.56 Å². The average molecular weight is 471 g/mol. The van der Waals surface area contributed by atoms with Crippen LogP contribution in [0.5, 0.6) is 11.6 Å². The maximum Gasteiger partial charge on any atom is 0.256 e. The SMILES string of the molecule is COc1cc(C(=O)N2CC[C@@H](NC(=O)c3ccccc3C#N)[C@@H](c3ccccc3)C2)cnc1OC. The number of hydrogen-bond donors (Lipinski definition) is 1. The van der Waals surface area contributed by atoms with Gasteiger partial charge in [-0.3, -0.25) is 9.59 Å². The third kappa shape index (κ3) is 5.09. The number of pyridine rings is 1. The van der Waals surface area contributed by atoms with E-state index in [1.807, 2.05) is 30.3 Å². The molecule has 1 fully saturated rings. The summed E-state index contributed by atoms with van der Waals surface area (Å²) in [5.74, 6) is 0.109. The van der Waals surface area contributed by atoms with E-state index in [0.29, 0.717) is 47.8 Å². The summed E-state index contributed by atoms with van der Waals surface area (Å²) in [7, 11) is 2.99. The Balaban J connectivity index is 1.57. The van der Waals surface area contributed by atoms with Crippen molar-refractivity contribution in [2.45, 2.75) is 18.4 Å². The van der Waals surface area contributed by atoms with Crippen LogP contribution in [0.1, 0.15) is 44.2 Å². The summed E-state index contributed by atoms with van der Waals surface area (Å²) in [4.78, 5) is 32.4. The Labute approximate surface area is 204 Å². The van der Waals surface area contributed by atoms with Crippen molar-refractivity contribution in [3.63, 3.8) is 0 Å². The molecule has 2 aromatic carbocycles. The molecule has 1 aromatic heterocycles. The van der Waals surface area contributed by atoms with Crippen LogP contribution in [0.4, 0.5) is 0 Å². The third-order valence-corrected chi connectivity index (χ3v) is 6.21. The molecule has 0 aliphatic carbocycles. The van der Waals surface area contributed by atoms with Gasteiger partial charge in [-0.25, -0.2) is 4.98 Å². The van der Waals surface area contributed by atoms with Crippen LogP contribution in [0, 0.1) is 11.3 Å². The van der Waals surface area contributed by atoms with E-state index in [1.54, 1.807) is 35.2 Å². The zero-order valence-corrected chi connectivity index (χ0v) is 19.6. The maximum absolute atomic E-state index is 13.3. The molecular formula is C27H26N4O4. The molecule has 4 rings (SSSR count). The number of hydrogen-bond acceptors (Lipinski definition) is 6. The zero-order chi connectivity index (χ0) is 24.8. The Bertz CT molecular complexity index is 1260. The quantitative estimate of drug-likeness (QED) is 0.592. The number of carbonyl (C=O) groups is 2. The van der Waals surface area contributed by atoms with Crippen LogP contribution in [0.2, 0.25) is 0 Å². The monoisotopic (exact) mass is 470 g/mol. The smallest absolute Gasteiger partial charge is 0.256 e. The molecule has 35 heavy (non-hydrogen) atoms. The van der Waals surface area contributed by atoms with Gasteiger partial charge in [0.15, 0.2) is 5.75 Å². The summed E-state index contributed by atoms with van der Waals surface area (Å²) in [6, 6.07) is 20.1. The molecule has 0 radical (unpaired) electrons. The van der Waals surface area contributed by atoms with E-state index in [-0.39, 0.29) is 23.8 Å². The predicted octanol–water partition coefficient (Wildman–Crippen LogP) is 3.40. The van der Waals surface area contributed by atoms with Gasteiger partial charge in [0.1, 0.15) is 0 Å². The number of piperidine rings is 1. The number of nitrogens with zero attached hydrogens (tertiary/aromatic N) is 3. The molecule has 1 saturated heterocycles. The van der Waals surface area contributed by atoms with E-state index in [4.69, 9.17) is 9.47 Å². The summed E-state index contributed by atoms with van der Waals surface area (Å²) in [5.41, 5.74) is 2.10. The van der Waals surface area contributed by atoms with Crippen molar-refractivity contribution in [2.24, 2.45) is 0 Å². The van der Waals surface area contributed by atoms with Crippen LogP contribution < -0.4 is 14.8 Å². The average Bonchev–Trinajstić information content (AvgIpc) is 2.92. The molecule has 8 heteroatoms. The van der Waals surface area contributed by atoms with Crippen molar-refractivity contribution in [3.05, 3.63) is 89.1 Å². The van der Waals surface area contributed by atoms with Crippen LogP contribution in [0.25, 0.3) is 0 Å². The van der Waals surface area contributed by atoms with E-state index in [9.17, 15) is 14.9 Å². The molecule has 2 amide bonds. The largest absolute Gasteiger partial charge is 0.491 e. The van der Waals surface area contributed by atoms with Gasteiger partial charge in [0.05, 0.1) is 37.0 Å². The van der Waals surface area contributed by atoms with Gasteiger partial charge < -0.3 is 19.7 Å². The minimum Gasteiger partial charge on any atom is -0.491 e. The van der Waals surface area contributed by atoms with Crippen LogP contribution in [-0.4, -0.2) is 55.0 Å². The Morgan fingerprint density at radius 3 is 2.54 bits per heavy atom. The summed E-state index contributed by atoms with van der Waals surface area (Å²) in [6.45, 7) is 0.878. The van der Waals surface area contributed by atoms with Gasteiger partial charge in [-0.05, 0) is 24.1 Å². The molecule has 8 nitrogen and oxygen atoms in total. The lowest BCUT2D eigenvalue weighted by atomic mass is 9.85. The Kier molecular flexibility index (Phi) is 7.27. The van der Waals surface area contributed by atoms with Crippen molar-refractivity contribution in [3.8, 4) is 17.7 Å². The normalized spacial score (nSPS) is 17.2. The highest BCUT2D eigenvalue weighted by atomic mass is 16.5. The van der Waals surface area contributed by atoms with E-state index in [1.165, 1.54) is 20.4 Å². The number of aromatic nitrogens is 1. The van der Waals surface area contributed by atoms with Crippen molar-refractivity contribution >= 4 is 11.8 Å². The first-order valence-electron chi connectivity index (χ1n) is 11.3. The van der Waals surface area contributed by atoms with Crippen molar-refractivity contribution in [2.75, 3.05) is 27.3 Å². The lowest BCUT2D eigenvalue weighted by Crippen LogP contribution is -2.51. The Morgan fingerprint density at radius 1 is 1.09 bits per heavy atom. The standard InChI is InChI=1S/C27H26N4O4/c1-34-24-14-20(16-29-26(24)35-2)27(33)31-13-12-23(22(17-31)18-8-4-3-5-9-18)30-25(32)21-11-7-6-10-19(21)15-28/h3-11,14,16,22-23H,12-13,17H2,1-2H3,(H,30,32)/t22-,23-/m1/s1. The lowest BCUT2D eigenvalue weighted by molar-refractivity contribution is 0.0670. The van der Waals surface area contributed by atoms with E-state index < -0.39 is 0 Å². The van der Waals surface area contributed by atoms with Crippen molar-refractivity contribution < 1.29 is 19.1 Å².